The van der Waals surface area contributed by atoms with Gasteiger partial charge >= 0.3 is 0 Å². The first-order chi connectivity index (χ1) is 14.5. The summed E-state index contributed by atoms with van der Waals surface area (Å²) in [5, 5.41) is 3.57. The highest BCUT2D eigenvalue weighted by Crippen LogP contribution is 2.30. The van der Waals surface area contributed by atoms with E-state index in [2.05, 4.69) is 15.3 Å². The zero-order valence-electron chi connectivity index (χ0n) is 15.7. The molecule has 2 aromatic carbocycles. The van der Waals surface area contributed by atoms with E-state index in [1.807, 2.05) is 30.3 Å². The number of aromatic nitrogens is 2. The number of hydrogen-bond acceptors (Lipinski definition) is 6. The molecule has 0 fully saturated rings. The molecule has 0 saturated heterocycles. The van der Waals surface area contributed by atoms with Gasteiger partial charge in [0.2, 0.25) is 0 Å². The molecule has 0 bridgehead atoms. The molecule has 0 atom stereocenters. The Hall–Kier alpha value is -3.91. The fraction of sp³-hybridized carbons (Fsp3) is 0.0455. The van der Waals surface area contributed by atoms with Gasteiger partial charge in [0.05, 0.1) is 21.3 Å². The van der Waals surface area contributed by atoms with Gasteiger partial charge in [-0.05, 0) is 42.5 Å². The lowest BCUT2D eigenvalue weighted by Crippen LogP contribution is -2.24. The molecule has 146 valence electrons. The maximum Gasteiger partial charge on any atom is 0.261 e. The van der Waals surface area contributed by atoms with Crippen LogP contribution >= 0.6 is 11.3 Å². The number of carbonyl (C=O) groups is 3. The number of imide groups is 1. The molecule has 1 aliphatic heterocycles. The van der Waals surface area contributed by atoms with Crippen LogP contribution in [0, 0.1) is 0 Å². The van der Waals surface area contributed by atoms with Gasteiger partial charge in [-0.2, -0.15) is 0 Å². The van der Waals surface area contributed by atoms with Crippen LogP contribution in [0.2, 0.25) is 0 Å². The number of hydrogen-bond donors (Lipinski definition) is 1. The molecular weight excluding hydrogens is 400 g/mol. The van der Waals surface area contributed by atoms with Gasteiger partial charge in [0.15, 0.2) is 0 Å². The average Bonchev–Trinajstić information content (AvgIpc) is 3.30. The van der Waals surface area contributed by atoms with Crippen molar-refractivity contribution in [3.63, 3.8) is 0 Å². The zero-order chi connectivity index (χ0) is 20.8. The normalized spacial score (nSPS) is 13.0. The zero-order valence-corrected chi connectivity index (χ0v) is 16.6. The summed E-state index contributed by atoms with van der Waals surface area (Å²) >= 11 is 1.58. The van der Waals surface area contributed by atoms with E-state index in [-0.39, 0.29) is 17.0 Å². The standard InChI is InChI=1S/C22H14N4O3S/c1-26-21(28)14-8-6-12(10-15(14)22(26)29)19(27)25-18-9-7-13(11-23-18)20-24-16-4-2-3-5-17(16)30-20/h2-11H,1H3,(H,23,25,27). The highest BCUT2D eigenvalue weighted by atomic mass is 32.1. The third kappa shape index (κ3) is 2.94. The van der Waals surface area contributed by atoms with Crippen molar-refractivity contribution in [2.24, 2.45) is 0 Å². The van der Waals surface area contributed by atoms with Crippen LogP contribution in [0.3, 0.4) is 0 Å². The first-order valence-electron chi connectivity index (χ1n) is 9.11. The molecule has 0 saturated carbocycles. The third-order valence-corrected chi connectivity index (χ3v) is 5.98. The number of nitrogens with zero attached hydrogens (tertiary/aromatic N) is 3. The number of para-hydroxylation sites is 1. The Morgan fingerprint density at radius 2 is 1.80 bits per heavy atom. The minimum atomic E-state index is -0.414. The third-order valence-electron chi connectivity index (χ3n) is 4.90. The topological polar surface area (TPSA) is 92.3 Å². The lowest BCUT2D eigenvalue weighted by Gasteiger charge is -2.06. The van der Waals surface area contributed by atoms with Crippen molar-refractivity contribution in [2.45, 2.75) is 0 Å². The Bertz CT molecular complexity index is 1310. The van der Waals surface area contributed by atoms with Crippen molar-refractivity contribution in [2.75, 3.05) is 12.4 Å². The first kappa shape index (κ1) is 18.1. The number of fused-ring (bicyclic) bond motifs is 2. The summed E-state index contributed by atoms with van der Waals surface area (Å²) < 4.78 is 1.10. The Balaban J connectivity index is 1.36. The number of carbonyl (C=O) groups excluding carboxylic acids is 3. The molecule has 0 radical (unpaired) electrons. The van der Waals surface area contributed by atoms with Crippen molar-refractivity contribution in [3.05, 3.63) is 77.5 Å². The van der Waals surface area contributed by atoms with Gasteiger partial charge in [-0.1, -0.05) is 12.1 Å². The van der Waals surface area contributed by atoms with E-state index in [0.717, 1.165) is 25.7 Å². The molecule has 7 nitrogen and oxygen atoms in total. The summed E-state index contributed by atoms with van der Waals surface area (Å²) in [5.41, 5.74) is 2.61. The fourth-order valence-corrected chi connectivity index (χ4v) is 4.24. The summed E-state index contributed by atoms with van der Waals surface area (Å²) in [4.78, 5) is 46.6. The number of rotatable bonds is 3. The molecule has 30 heavy (non-hydrogen) atoms. The molecule has 3 heterocycles. The summed E-state index contributed by atoms with van der Waals surface area (Å²) in [6, 6.07) is 15.9. The quantitative estimate of drug-likeness (QED) is 0.514. The van der Waals surface area contributed by atoms with Crippen LogP contribution < -0.4 is 5.32 Å². The van der Waals surface area contributed by atoms with Crippen molar-refractivity contribution in [3.8, 4) is 10.6 Å². The number of thiazole rings is 1. The van der Waals surface area contributed by atoms with Crippen molar-refractivity contribution < 1.29 is 14.4 Å². The Labute approximate surface area is 175 Å². The average molecular weight is 414 g/mol. The van der Waals surface area contributed by atoms with Crippen LogP contribution in [0.4, 0.5) is 5.82 Å². The second-order valence-electron chi connectivity index (χ2n) is 6.80. The SMILES string of the molecule is CN1C(=O)c2ccc(C(=O)Nc3ccc(-c4nc5ccccc5s4)cn3)cc2C1=O. The molecule has 5 rings (SSSR count). The van der Waals surface area contributed by atoms with E-state index in [4.69, 9.17) is 0 Å². The monoisotopic (exact) mass is 414 g/mol. The summed E-state index contributed by atoms with van der Waals surface area (Å²) in [6.07, 6.45) is 1.66. The van der Waals surface area contributed by atoms with Gasteiger partial charge < -0.3 is 5.32 Å². The molecular formula is C22H14N4O3S. The van der Waals surface area contributed by atoms with Crippen molar-refractivity contribution in [1.29, 1.82) is 0 Å². The van der Waals surface area contributed by atoms with E-state index in [1.54, 1.807) is 23.6 Å². The van der Waals surface area contributed by atoms with E-state index in [1.165, 1.54) is 25.2 Å². The van der Waals surface area contributed by atoms with Crippen molar-refractivity contribution in [1.82, 2.24) is 14.9 Å². The number of anilines is 1. The summed E-state index contributed by atoms with van der Waals surface area (Å²) in [5.74, 6) is -0.810. The minimum Gasteiger partial charge on any atom is -0.307 e. The van der Waals surface area contributed by atoms with E-state index in [9.17, 15) is 14.4 Å². The Kier molecular flexibility index (Phi) is 4.14. The van der Waals surface area contributed by atoms with Crippen LogP contribution in [0.25, 0.3) is 20.8 Å². The fourth-order valence-electron chi connectivity index (χ4n) is 3.28. The molecule has 1 aliphatic rings. The molecule has 4 aromatic rings. The van der Waals surface area contributed by atoms with Gasteiger partial charge in [0.25, 0.3) is 17.7 Å². The molecule has 3 amide bonds. The Morgan fingerprint density at radius 3 is 2.57 bits per heavy atom. The van der Waals surface area contributed by atoms with Crippen LogP contribution in [0.5, 0.6) is 0 Å². The highest BCUT2D eigenvalue weighted by molar-refractivity contribution is 7.21. The molecule has 8 heteroatoms. The van der Waals surface area contributed by atoms with Gasteiger partial charge in [-0.15, -0.1) is 11.3 Å². The smallest absolute Gasteiger partial charge is 0.261 e. The largest absolute Gasteiger partial charge is 0.307 e. The molecule has 0 aliphatic carbocycles. The van der Waals surface area contributed by atoms with Crippen LogP contribution in [-0.2, 0) is 0 Å². The maximum absolute atomic E-state index is 12.6. The lowest BCUT2D eigenvalue weighted by molar-refractivity contribution is 0.0693. The number of pyridine rings is 1. The van der Waals surface area contributed by atoms with Crippen LogP contribution in [0.15, 0.2) is 60.8 Å². The minimum absolute atomic E-state index is 0.231. The molecule has 0 unspecified atom stereocenters. The van der Waals surface area contributed by atoms with Gasteiger partial charge in [0.1, 0.15) is 10.8 Å². The van der Waals surface area contributed by atoms with Gasteiger partial charge in [-0.3, -0.25) is 19.3 Å². The maximum atomic E-state index is 12.6. The van der Waals surface area contributed by atoms with E-state index >= 15 is 0 Å². The second kappa shape index (κ2) is 6.85. The molecule has 2 aromatic heterocycles. The van der Waals surface area contributed by atoms with Crippen molar-refractivity contribution >= 4 is 45.1 Å². The van der Waals surface area contributed by atoms with Gasteiger partial charge in [0, 0.05) is 24.4 Å². The van der Waals surface area contributed by atoms with E-state index in [0.29, 0.717) is 11.4 Å². The number of amides is 3. The second-order valence-corrected chi connectivity index (χ2v) is 7.83. The van der Waals surface area contributed by atoms with Crippen LogP contribution in [-0.4, -0.2) is 39.6 Å². The predicted octanol–water partition coefficient (Wildman–Crippen LogP) is 3.84. The number of benzene rings is 2. The van der Waals surface area contributed by atoms with Crippen LogP contribution in [0.1, 0.15) is 31.1 Å². The van der Waals surface area contributed by atoms with E-state index < -0.39 is 11.8 Å². The number of nitrogens with one attached hydrogen (secondary N) is 1. The summed E-state index contributed by atoms with van der Waals surface area (Å²) in [6.45, 7) is 0. The molecule has 1 N–H and O–H groups in total. The lowest BCUT2D eigenvalue weighted by atomic mass is 10.1. The highest BCUT2D eigenvalue weighted by Gasteiger charge is 2.33. The predicted molar refractivity (Wildman–Crippen MR) is 114 cm³/mol. The summed E-state index contributed by atoms with van der Waals surface area (Å²) in [7, 11) is 1.42. The Morgan fingerprint density at radius 1 is 1.00 bits per heavy atom. The molecule has 0 spiro atoms. The van der Waals surface area contributed by atoms with Gasteiger partial charge in [-0.25, -0.2) is 9.97 Å². The first-order valence-corrected chi connectivity index (χ1v) is 9.93.